The number of nitrogens with zero attached hydrogens (tertiary/aromatic N) is 1. The second kappa shape index (κ2) is 5.08. The fraction of sp³-hybridized carbons (Fsp3) is 0.471. The number of benzene rings is 1. The van der Waals surface area contributed by atoms with Gasteiger partial charge < -0.3 is 26.8 Å². The molecule has 3 rings (SSSR count). The minimum absolute atomic E-state index is 0.101. The third kappa shape index (κ3) is 2.20. The highest BCUT2D eigenvalue weighted by Gasteiger charge is 2.47. The molecule has 0 amide bonds. The van der Waals surface area contributed by atoms with E-state index in [2.05, 4.69) is 38.7 Å². The monoisotopic (exact) mass is 316 g/mol. The van der Waals surface area contributed by atoms with Crippen LogP contribution in [0.3, 0.4) is 0 Å². The molecular formula is C17H24N4O2. The SMILES string of the molecule is C=NOc1c(N)c(N)c(N)c2c1C1C=C(C)CCC1C(C)(C)O2. The molecule has 0 bridgehead atoms. The highest BCUT2D eigenvalue weighted by molar-refractivity contribution is 5.89. The normalized spacial score (nSPS) is 24.7. The Morgan fingerprint density at radius 2 is 1.96 bits per heavy atom. The summed E-state index contributed by atoms with van der Waals surface area (Å²) in [6, 6.07) is 0. The number of allylic oxidation sites excluding steroid dienone is 2. The molecule has 23 heavy (non-hydrogen) atoms. The lowest BCUT2D eigenvalue weighted by atomic mass is 9.67. The summed E-state index contributed by atoms with van der Waals surface area (Å²) in [5.74, 6) is 1.35. The highest BCUT2D eigenvalue weighted by atomic mass is 16.6. The van der Waals surface area contributed by atoms with E-state index in [4.69, 9.17) is 26.8 Å². The molecule has 124 valence electrons. The van der Waals surface area contributed by atoms with Crippen LogP contribution in [-0.4, -0.2) is 12.3 Å². The molecule has 0 spiro atoms. The molecule has 6 heteroatoms. The van der Waals surface area contributed by atoms with Crippen LogP contribution >= 0.6 is 0 Å². The predicted molar refractivity (Wildman–Crippen MR) is 93.8 cm³/mol. The second-order valence-electron chi connectivity index (χ2n) is 6.92. The summed E-state index contributed by atoms with van der Waals surface area (Å²) in [5.41, 5.74) is 21.1. The van der Waals surface area contributed by atoms with Crippen LogP contribution in [0, 0.1) is 5.92 Å². The Kier molecular flexibility index (Phi) is 3.43. The van der Waals surface area contributed by atoms with Crippen LogP contribution in [-0.2, 0) is 0 Å². The van der Waals surface area contributed by atoms with Gasteiger partial charge in [0.1, 0.15) is 17.0 Å². The molecular weight excluding hydrogens is 292 g/mol. The standard InChI is InChI=1S/C17H24N4O2/c1-8-5-6-10-9(7-8)11-15(22-17(10,2)3)13(19)12(18)14(20)16(11)23-21-4/h7,9-10H,4-6,18-20H2,1-3H3. The molecule has 1 heterocycles. The van der Waals surface area contributed by atoms with Crippen LogP contribution in [0.5, 0.6) is 11.5 Å². The van der Waals surface area contributed by atoms with Gasteiger partial charge in [0.2, 0.25) is 0 Å². The number of ether oxygens (including phenoxy) is 1. The zero-order valence-corrected chi connectivity index (χ0v) is 13.8. The third-order valence-corrected chi connectivity index (χ3v) is 5.05. The van der Waals surface area contributed by atoms with E-state index in [1.54, 1.807) is 0 Å². The predicted octanol–water partition coefficient (Wildman–Crippen LogP) is 3.04. The number of hydrogen-bond donors (Lipinski definition) is 3. The lowest BCUT2D eigenvalue weighted by molar-refractivity contribution is 0.0115. The van der Waals surface area contributed by atoms with Crippen molar-refractivity contribution in [1.29, 1.82) is 0 Å². The van der Waals surface area contributed by atoms with E-state index in [9.17, 15) is 0 Å². The topological polar surface area (TPSA) is 109 Å². The van der Waals surface area contributed by atoms with Gasteiger partial charge in [-0.2, -0.15) is 0 Å². The average molecular weight is 316 g/mol. The first-order valence-electron chi connectivity index (χ1n) is 7.77. The summed E-state index contributed by atoms with van der Waals surface area (Å²) in [7, 11) is 0. The van der Waals surface area contributed by atoms with Crippen molar-refractivity contribution in [1.82, 2.24) is 0 Å². The summed E-state index contributed by atoms with van der Waals surface area (Å²) >= 11 is 0. The zero-order chi connectivity index (χ0) is 16.9. The lowest BCUT2D eigenvalue weighted by Gasteiger charge is -2.47. The number of rotatable bonds is 2. The Bertz CT molecular complexity index is 709. The van der Waals surface area contributed by atoms with Gasteiger partial charge in [-0.15, -0.1) is 0 Å². The summed E-state index contributed by atoms with van der Waals surface area (Å²) in [4.78, 5) is 5.37. The van der Waals surface area contributed by atoms with Crippen molar-refractivity contribution >= 4 is 23.8 Å². The minimum Gasteiger partial charge on any atom is -0.485 e. The molecule has 1 aromatic rings. The number of nitrogen functional groups attached to an aromatic ring is 3. The van der Waals surface area contributed by atoms with E-state index in [1.807, 2.05) is 0 Å². The molecule has 6 N–H and O–H groups in total. The van der Waals surface area contributed by atoms with Gasteiger partial charge in [-0.3, -0.25) is 0 Å². The first-order chi connectivity index (χ1) is 10.8. The second-order valence-corrected chi connectivity index (χ2v) is 6.92. The number of hydrogen-bond acceptors (Lipinski definition) is 6. The van der Waals surface area contributed by atoms with E-state index in [0.717, 1.165) is 18.4 Å². The summed E-state index contributed by atoms with van der Waals surface area (Å²) in [6.07, 6.45) is 4.34. The van der Waals surface area contributed by atoms with E-state index >= 15 is 0 Å². The minimum atomic E-state index is -0.357. The molecule has 0 saturated carbocycles. The van der Waals surface area contributed by atoms with Crippen molar-refractivity contribution in [3.8, 4) is 11.5 Å². The Morgan fingerprint density at radius 1 is 1.26 bits per heavy atom. The molecule has 0 fully saturated rings. The molecule has 0 aromatic heterocycles. The molecule has 6 nitrogen and oxygen atoms in total. The molecule has 2 atom stereocenters. The van der Waals surface area contributed by atoms with Crippen molar-refractivity contribution in [3.05, 3.63) is 17.2 Å². The Balaban J connectivity index is 2.33. The maximum atomic E-state index is 6.25. The van der Waals surface area contributed by atoms with Crippen molar-refractivity contribution in [2.45, 2.75) is 45.1 Å². The quantitative estimate of drug-likeness (QED) is 0.336. The fourth-order valence-electron chi connectivity index (χ4n) is 3.83. The summed E-state index contributed by atoms with van der Waals surface area (Å²) in [5, 5.41) is 3.54. The molecule has 0 radical (unpaired) electrons. The number of oxime groups is 1. The molecule has 1 aromatic carbocycles. The van der Waals surface area contributed by atoms with Gasteiger partial charge >= 0.3 is 0 Å². The van der Waals surface area contributed by atoms with E-state index < -0.39 is 0 Å². The van der Waals surface area contributed by atoms with Crippen molar-refractivity contribution in [2.75, 3.05) is 17.2 Å². The van der Waals surface area contributed by atoms with Gasteiger partial charge in [-0.25, -0.2) is 0 Å². The van der Waals surface area contributed by atoms with Crippen LogP contribution in [0.4, 0.5) is 17.1 Å². The molecule has 1 aliphatic heterocycles. The Labute approximate surface area is 136 Å². The largest absolute Gasteiger partial charge is 0.485 e. The molecule has 0 saturated heterocycles. The zero-order valence-electron chi connectivity index (χ0n) is 13.8. The van der Waals surface area contributed by atoms with Crippen LogP contribution in [0.15, 0.2) is 16.8 Å². The lowest BCUT2D eigenvalue weighted by Crippen LogP contribution is -2.45. The van der Waals surface area contributed by atoms with Crippen LogP contribution in [0.1, 0.15) is 45.1 Å². The van der Waals surface area contributed by atoms with Gasteiger partial charge in [0, 0.05) is 18.6 Å². The van der Waals surface area contributed by atoms with Crippen molar-refractivity contribution < 1.29 is 9.57 Å². The summed E-state index contributed by atoms with van der Waals surface area (Å²) < 4.78 is 6.25. The third-order valence-electron chi connectivity index (χ3n) is 5.05. The Hall–Kier alpha value is -2.37. The number of nitrogens with two attached hydrogens (primary N) is 3. The molecule has 1 aliphatic carbocycles. The van der Waals surface area contributed by atoms with Crippen LogP contribution < -0.4 is 26.8 Å². The van der Waals surface area contributed by atoms with Crippen molar-refractivity contribution in [3.63, 3.8) is 0 Å². The van der Waals surface area contributed by atoms with Gasteiger partial charge in [0.15, 0.2) is 11.5 Å². The van der Waals surface area contributed by atoms with E-state index in [0.29, 0.717) is 23.1 Å². The first-order valence-corrected chi connectivity index (χ1v) is 7.77. The summed E-state index contributed by atoms with van der Waals surface area (Å²) in [6.45, 7) is 9.69. The van der Waals surface area contributed by atoms with Gasteiger partial charge in [0.25, 0.3) is 0 Å². The van der Waals surface area contributed by atoms with Gasteiger partial charge in [-0.1, -0.05) is 16.8 Å². The number of fused-ring (bicyclic) bond motifs is 3. The van der Waals surface area contributed by atoms with E-state index in [1.165, 1.54) is 5.57 Å². The Morgan fingerprint density at radius 3 is 2.61 bits per heavy atom. The highest BCUT2D eigenvalue weighted by Crippen LogP contribution is 2.58. The first kappa shape index (κ1) is 15.5. The molecule has 2 unspecified atom stereocenters. The maximum Gasteiger partial charge on any atom is 0.190 e. The maximum absolute atomic E-state index is 6.25. The smallest absolute Gasteiger partial charge is 0.190 e. The molecule has 2 aliphatic rings. The average Bonchev–Trinajstić information content (AvgIpc) is 2.49. The van der Waals surface area contributed by atoms with Gasteiger partial charge in [-0.05, 0) is 33.6 Å². The number of anilines is 3. The van der Waals surface area contributed by atoms with Gasteiger partial charge in [0.05, 0.1) is 11.3 Å². The van der Waals surface area contributed by atoms with E-state index in [-0.39, 0.29) is 22.9 Å². The van der Waals surface area contributed by atoms with Crippen molar-refractivity contribution in [2.24, 2.45) is 11.1 Å². The van der Waals surface area contributed by atoms with Crippen LogP contribution in [0.2, 0.25) is 0 Å². The van der Waals surface area contributed by atoms with Crippen LogP contribution in [0.25, 0.3) is 0 Å². The fourth-order valence-corrected chi connectivity index (χ4v) is 3.83.